The van der Waals surface area contributed by atoms with Gasteiger partial charge >= 0.3 is 0 Å². The van der Waals surface area contributed by atoms with Gasteiger partial charge in [0.05, 0.1) is 13.2 Å². The third-order valence-electron chi connectivity index (χ3n) is 2.83. The molecule has 1 atom stereocenters. The zero-order valence-electron chi connectivity index (χ0n) is 10.8. The van der Waals surface area contributed by atoms with Gasteiger partial charge in [-0.15, -0.1) is 0 Å². The molecule has 0 aromatic rings. The minimum absolute atomic E-state index is 0.0242. The van der Waals surface area contributed by atoms with E-state index < -0.39 is 11.9 Å². The number of carbonyl (C=O) groups excluding carboxylic acids is 2. The molecule has 2 amide bonds. The van der Waals surface area contributed by atoms with Gasteiger partial charge in [-0.2, -0.15) is 0 Å². The van der Waals surface area contributed by atoms with E-state index in [1.807, 2.05) is 0 Å². The van der Waals surface area contributed by atoms with Crippen LogP contribution in [0.3, 0.4) is 0 Å². The van der Waals surface area contributed by atoms with Gasteiger partial charge in [-0.3, -0.25) is 14.5 Å². The Labute approximate surface area is 117 Å². The Hall–Kier alpha value is -1.09. The van der Waals surface area contributed by atoms with Gasteiger partial charge in [-0.25, -0.2) is 0 Å². The van der Waals surface area contributed by atoms with Crippen LogP contribution in [0.1, 0.15) is 12.8 Å². The summed E-state index contributed by atoms with van der Waals surface area (Å²) in [5.74, 6) is -0.992. The van der Waals surface area contributed by atoms with Gasteiger partial charge in [0.25, 0.3) is 0 Å². The smallest absolute Gasteiger partial charge is 0.241 e. The number of thiocarbonyl (C=S) groups is 1. The molecule has 1 saturated heterocycles. The number of hydrogen-bond acceptors (Lipinski definition) is 6. The van der Waals surface area contributed by atoms with Crippen molar-refractivity contribution in [1.82, 2.24) is 10.2 Å². The van der Waals surface area contributed by atoms with Crippen molar-refractivity contribution in [2.24, 2.45) is 11.5 Å². The summed E-state index contributed by atoms with van der Waals surface area (Å²) in [6.07, 6.45) is 1.06. The molecule has 5 N–H and O–H groups in total. The average molecular weight is 288 g/mol. The second-order valence-corrected chi connectivity index (χ2v) is 4.79. The van der Waals surface area contributed by atoms with Gasteiger partial charge in [-0.1, -0.05) is 12.2 Å². The van der Waals surface area contributed by atoms with Gasteiger partial charge in [0.15, 0.2) is 0 Å². The number of hydrogen-bond donors (Lipinski definition) is 3. The summed E-state index contributed by atoms with van der Waals surface area (Å²) in [6, 6.07) is -1.11. The van der Waals surface area contributed by atoms with Gasteiger partial charge in [0.2, 0.25) is 11.8 Å². The number of nitrogens with two attached hydrogens (primary N) is 2. The molecule has 1 heterocycles. The maximum Gasteiger partial charge on any atom is 0.241 e. The fourth-order valence-corrected chi connectivity index (χ4v) is 1.92. The lowest BCUT2D eigenvalue weighted by Gasteiger charge is -2.26. The van der Waals surface area contributed by atoms with Gasteiger partial charge in [-0.05, 0) is 13.0 Å². The number of morpholine rings is 1. The molecule has 0 saturated carbocycles. The minimum Gasteiger partial charge on any atom is -0.379 e. The third kappa shape index (κ3) is 6.06. The molecule has 0 aromatic heterocycles. The van der Waals surface area contributed by atoms with Crippen LogP contribution in [-0.2, 0) is 14.3 Å². The van der Waals surface area contributed by atoms with E-state index in [0.29, 0.717) is 6.42 Å². The maximum atomic E-state index is 11.6. The molecule has 8 heteroatoms. The topological polar surface area (TPSA) is 111 Å². The molecular formula is C11H20N4O3S. The van der Waals surface area contributed by atoms with Crippen LogP contribution in [0.4, 0.5) is 0 Å². The van der Waals surface area contributed by atoms with Gasteiger partial charge < -0.3 is 21.5 Å². The van der Waals surface area contributed by atoms with E-state index in [1.54, 1.807) is 0 Å². The fourth-order valence-electron chi connectivity index (χ4n) is 1.69. The second kappa shape index (κ2) is 8.16. The molecule has 1 aliphatic rings. The summed E-state index contributed by atoms with van der Waals surface area (Å²) in [6.45, 7) is 4.11. The number of amides is 2. The molecule has 1 aliphatic heterocycles. The molecular weight excluding hydrogens is 268 g/mol. The standard InChI is InChI=1S/C11H20N4O3S/c12-9(10(13)17)11(19)14-8(16)2-1-3-15-4-6-18-7-5-15/h9H,1-7,12H2,(H2,13,17)(H,14,16,19). The van der Waals surface area contributed by atoms with Crippen molar-refractivity contribution in [3.63, 3.8) is 0 Å². The normalized spacial score (nSPS) is 17.7. The molecule has 19 heavy (non-hydrogen) atoms. The first-order valence-corrected chi connectivity index (χ1v) is 6.60. The number of ether oxygens (including phenoxy) is 1. The molecule has 7 nitrogen and oxygen atoms in total. The Morgan fingerprint density at radius 2 is 2.00 bits per heavy atom. The first-order valence-electron chi connectivity index (χ1n) is 6.19. The van der Waals surface area contributed by atoms with Crippen molar-refractivity contribution in [2.75, 3.05) is 32.8 Å². The van der Waals surface area contributed by atoms with E-state index in [-0.39, 0.29) is 10.9 Å². The molecule has 0 aromatic carbocycles. The van der Waals surface area contributed by atoms with Crippen LogP contribution < -0.4 is 16.8 Å². The molecule has 0 bridgehead atoms. The summed E-state index contributed by atoms with van der Waals surface area (Å²) < 4.78 is 5.23. The predicted octanol–water partition coefficient (Wildman–Crippen LogP) is -1.64. The van der Waals surface area contributed by atoms with Crippen LogP contribution in [0.5, 0.6) is 0 Å². The van der Waals surface area contributed by atoms with E-state index in [4.69, 9.17) is 28.4 Å². The zero-order valence-corrected chi connectivity index (χ0v) is 11.6. The van der Waals surface area contributed by atoms with E-state index in [0.717, 1.165) is 39.3 Å². The maximum absolute atomic E-state index is 11.6. The molecule has 108 valence electrons. The lowest BCUT2D eigenvalue weighted by atomic mass is 10.2. The van der Waals surface area contributed by atoms with Crippen LogP contribution in [0.15, 0.2) is 0 Å². The lowest BCUT2D eigenvalue weighted by molar-refractivity contribution is -0.119. The number of nitrogens with one attached hydrogen (secondary N) is 1. The van der Waals surface area contributed by atoms with E-state index in [1.165, 1.54) is 0 Å². The lowest BCUT2D eigenvalue weighted by Crippen LogP contribution is -2.49. The summed E-state index contributed by atoms with van der Waals surface area (Å²) >= 11 is 4.82. The molecule has 0 spiro atoms. The average Bonchev–Trinajstić information content (AvgIpc) is 2.38. The number of rotatable bonds is 6. The van der Waals surface area contributed by atoms with Crippen molar-refractivity contribution < 1.29 is 14.3 Å². The Morgan fingerprint density at radius 1 is 1.37 bits per heavy atom. The van der Waals surface area contributed by atoms with Crippen molar-refractivity contribution >= 4 is 29.0 Å². The molecule has 0 aliphatic carbocycles. The van der Waals surface area contributed by atoms with Crippen molar-refractivity contribution in [2.45, 2.75) is 18.9 Å². The first kappa shape index (κ1) is 16.0. The van der Waals surface area contributed by atoms with Crippen LogP contribution in [-0.4, -0.2) is 60.6 Å². The van der Waals surface area contributed by atoms with E-state index in [2.05, 4.69) is 10.2 Å². The largest absolute Gasteiger partial charge is 0.379 e. The summed E-state index contributed by atoms with van der Waals surface area (Å²) in [5.41, 5.74) is 10.4. The zero-order chi connectivity index (χ0) is 14.3. The monoisotopic (exact) mass is 288 g/mol. The highest BCUT2D eigenvalue weighted by molar-refractivity contribution is 7.80. The van der Waals surface area contributed by atoms with Gasteiger partial charge in [0.1, 0.15) is 11.0 Å². The van der Waals surface area contributed by atoms with Crippen molar-refractivity contribution in [1.29, 1.82) is 0 Å². The minimum atomic E-state index is -1.11. The number of primary amides is 1. The highest BCUT2D eigenvalue weighted by Crippen LogP contribution is 2.00. The first-order chi connectivity index (χ1) is 9.00. The Morgan fingerprint density at radius 3 is 2.58 bits per heavy atom. The molecule has 1 fully saturated rings. The number of nitrogens with zero attached hydrogens (tertiary/aromatic N) is 1. The summed E-state index contributed by atoms with van der Waals surface area (Å²) in [4.78, 5) is 24.6. The molecule has 0 radical (unpaired) electrons. The summed E-state index contributed by atoms with van der Waals surface area (Å²) in [7, 11) is 0. The summed E-state index contributed by atoms with van der Waals surface area (Å²) in [5, 5.41) is 2.42. The SMILES string of the molecule is NC(=O)C(N)C(=S)NC(=O)CCCN1CCOCC1. The Balaban J connectivity index is 2.16. The quantitative estimate of drug-likeness (QED) is 0.505. The predicted molar refractivity (Wildman–Crippen MR) is 74.4 cm³/mol. The second-order valence-electron chi connectivity index (χ2n) is 4.35. The van der Waals surface area contributed by atoms with Crippen LogP contribution in [0, 0.1) is 0 Å². The molecule has 1 unspecified atom stereocenters. The van der Waals surface area contributed by atoms with Crippen molar-refractivity contribution in [3.05, 3.63) is 0 Å². The number of carbonyl (C=O) groups is 2. The highest BCUT2D eigenvalue weighted by atomic mass is 32.1. The molecule has 1 rings (SSSR count). The Bertz CT molecular complexity index is 345. The fraction of sp³-hybridized carbons (Fsp3) is 0.727. The van der Waals surface area contributed by atoms with Crippen LogP contribution >= 0.6 is 12.2 Å². The Kier molecular flexibility index (Phi) is 6.85. The third-order valence-corrected chi connectivity index (χ3v) is 3.19. The highest BCUT2D eigenvalue weighted by Gasteiger charge is 2.17. The van der Waals surface area contributed by atoms with E-state index in [9.17, 15) is 9.59 Å². The van der Waals surface area contributed by atoms with Crippen LogP contribution in [0.2, 0.25) is 0 Å². The van der Waals surface area contributed by atoms with Gasteiger partial charge in [0, 0.05) is 19.5 Å². The van der Waals surface area contributed by atoms with E-state index >= 15 is 0 Å². The van der Waals surface area contributed by atoms with Crippen LogP contribution in [0.25, 0.3) is 0 Å². The van der Waals surface area contributed by atoms with Crippen molar-refractivity contribution in [3.8, 4) is 0 Å².